The van der Waals surface area contributed by atoms with Crippen LogP contribution in [0.3, 0.4) is 0 Å². The molecular formula is C15H22ClIOSi. The molecule has 0 bridgehead atoms. The predicted octanol–water partition coefficient (Wildman–Crippen LogP) is 6.35. The maximum absolute atomic E-state index is 6.47. The first-order valence-electron chi connectivity index (χ1n) is 6.37. The van der Waals surface area contributed by atoms with Gasteiger partial charge < -0.3 is 4.43 Å². The van der Waals surface area contributed by atoms with Crippen LogP contribution in [0.5, 0.6) is 0 Å². The number of rotatable bonds is 4. The Labute approximate surface area is 136 Å². The first-order chi connectivity index (χ1) is 8.67. The standard InChI is InChI=1S/C15H22ClIOSi/c1-15(2,3)19(4,5)18-14(10-11-17)12-6-8-13(16)9-7-12/h6-11,14H,1-5H3/b11-10+. The molecule has 1 rings (SSSR count). The van der Waals surface area contributed by atoms with Crippen molar-refractivity contribution < 1.29 is 4.43 Å². The Hall–Kier alpha value is 0.157. The molecule has 0 aliphatic rings. The second-order valence-corrected chi connectivity index (χ2v) is 12.1. The van der Waals surface area contributed by atoms with Gasteiger partial charge in [-0.25, -0.2) is 0 Å². The van der Waals surface area contributed by atoms with E-state index in [0.29, 0.717) is 0 Å². The topological polar surface area (TPSA) is 9.23 Å². The van der Waals surface area contributed by atoms with E-state index in [1.54, 1.807) is 0 Å². The van der Waals surface area contributed by atoms with Gasteiger partial charge in [0.05, 0.1) is 6.10 Å². The normalized spacial score (nSPS) is 14.9. The zero-order chi connectivity index (χ0) is 14.7. The third-order valence-corrected chi connectivity index (χ3v) is 8.80. The smallest absolute Gasteiger partial charge is 0.193 e. The average Bonchev–Trinajstić information content (AvgIpc) is 2.27. The Morgan fingerprint density at radius 3 is 2.16 bits per heavy atom. The molecule has 0 amide bonds. The van der Waals surface area contributed by atoms with Crippen molar-refractivity contribution in [1.29, 1.82) is 0 Å². The van der Waals surface area contributed by atoms with Gasteiger partial charge in [0.15, 0.2) is 8.32 Å². The molecule has 0 aromatic heterocycles. The molecule has 1 unspecified atom stereocenters. The Balaban J connectivity index is 3.00. The molecule has 0 fully saturated rings. The minimum Gasteiger partial charge on any atom is -0.406 e. The third kappa shape index (κ3) is 4.88. The summed E-state index contributed by atoms with van der Waals surface area (Å²) in [7, 11) is -1.79. The third-order valence-electron chi connectivity index (χ3n) is 3.67. The average molecular weight is 409 g/mol. The summed E-state index contributed by atoms with van der Waals surface area (Å²) in [6.45, 7) is 11.3. The first-order valence-corrected chi connectivity index (χ1v) is 10.9. The number of hydrogen-bond donors (Lipinski definition) is 0. The van der Waals surface area contributed by atoms with Gasteiger partial charge in [-0.2, -0.15) is 0 Å². The number of hydrogen-bond acceptors (Lipinski definition) is 1. The van der Waals surface area contributed by atoms with E-state index in [-0.39, 0.29) is 11.1 Å². The molecule has 1 aromatic rings. The molecule has 0 saturated carbocycles. The molecule has 1 nitrogen and oxygen atoms in total. The Bertz CT molecular complexity index is 434. The summed E-state index contributed by atoms with van der Waals surface area (Å²) in [4.78, 5) is 0. The Morgan fingerprint density at radius 2 is 1.74 bits per heavy atom. The molecule has 0 aliphatic carbocycles. The highest BCUT2D eigenvalue weighted by Crippen LogP contribution is 2.40. The molecule has 106 valence electrons. The quantitative estimate of drug-likeness (QED) is 0.416. The molecule has 0 N–H and O–H groups in total. The van der Waals surface area contributed by atoms with E-state index < -0.39 is 8.32 Å². The molecule has 0 radical (unpaired) electrons. The first kappa shape index (κ1) is 17.2. The van der Waals surface area contributed by atoms with Crippen molar-refractivity contribution >= 4 is 42.5 Å². The fourth-order valence-electron chi connectivity index (χ4n) is 1.43. The summed E-state index contributed by atoms with van der Waals surface area (Å²) in [5, 5.41) is 0.963. The zero-order valence-electron chi connectivity index (χ0n) is 12.2. The highest BCUT2D eigenvalue weighted by molar-refractivity contribution is 14.1. The van der Waals surface area contributed by atoms with Crippen LogP contribution in [-0.4, -0.2) is 8.32 Å². The van der Waals surface area contributed by atoms with Crippen LogP contribution in [0, 0.1) is 0 Å². The summed E-state index contributed by atoms with van der Waals surface area (Å²) < 4.78 is 8.49. The molecule has 1 atom stereocenters. The maximum atomic E-state index is 6.47. The summed E-state index contributed by atoms with van der Waals surface area (Å²) in [6, 6.07) is 7.91. The second-order valence-electron chi connectivity index (χ2n) is 6.17. The van der Waals surface area contributed by atoms with Crippen molar-refractivity contribution in [3.63, 3.8) is 0 Å². The summed E-state index contributed by atoms with van der Waals surface area (Å²) in [5.41, 5.74) is 1.15. The Morgan fingerprint density at radius 1 is 1.21 bits per heavy atom. The van der Waals surface area contributed by atoms with Gasteiger partial charge in [-0.1, -0.05) is 67.1 Å². The van der Waals surface area contributed by atoms with Gasteiger partial charge in [-0.15, -0.1) is 0 Å². The van der Waals surface area contributed by atoms with Crippen LogP contribution in [0.15, 0.2) is 34.4 Å². The van der Waals surface area contributed by atoms with Gasteiger partial charge in [0, 0.05) is 5.02 Å². The van der Waals surface area contributed by atoms with E-state index in [1.807, 2.05) is 28.3 Å². The van der Waals surface area contributed by atoms with Gasteiger partial charge in [-0.05, 0) is 46.0 Å². The molecule has 1 aromatic carbocycles. The Kier molecular flexibility index (Phi) is 6.11. The van der Waals surface area contributed by atoms with Gasteiger partial charge in [0.25, 0.3) is 0 Å². The van der Waals surface area contributed by atoms with Gasteiger partial charge >= 0.3 is 0 Å². The molecule has 19 heavy (non-hydrogen) atoms. The maximum Gasteiger partial charge on any atom is 0.193 e. The molecule has 0 aliphatic heterocycles. The highest BCUT2D eigenvalue weighted by Gasteiger charge is 2.38. The van der Waals surface area contributed by atoms with E-state index in [1.165, 1.54) is 0 Å². The number of halogens is 2. The van der Waals surface area contributed by atoms with Crippen molar-refractivity contribution in [1.82, 2.24) is 0 Å². The van der Waals surface area contributed by atoms with Crippen molar-refractivity contribution in [2.45, 2.75) is 45.0 Å². The van der Waals surface area contributed by atoms with Crippen LogP contribution in [-0.2, 0) is 4.43 Å². The predicted molar refractivity (Wildman–Crippen MR) is 95.6 cm³/mol. The summed E-state index contributed by atoms with van der Waals surface area (Å²) >= 11 is 8.18. The van der Waals surface area contributed by atoms with Crippen molar-refractivity contribution in [2.24, 2.45) is 0 Å². The highest BCUT2D eigenvalue weighted by atomic mass is 127. The lowest BCUT2D eigenvalue weighted by Crippen LogP contribution is -2.41. The van der Waals surface area contributed by atoms with Crippen LogP contribution >= 0.6 is 34.2 Å². The van der Waals surface area contributed by atoms with Gasteiger partial charge in [-0.3, -0.25) is 0 Å². The van der Waals surface area contributed by atoms with Crippen molar-refractivity contribution in [3.8, 4) is 0 Å². The summed E-state index contributed by atoms with van der Waals surface area (Å²) in [6.07, 6.45) is 2.11. The molecule has 0 heterocycles. The zero-order valence-corrected chi connectivity index (χ0v) is 16.1. The van der Waals surface area contributed by atoms with E-state index in [4.69, 9.17) is 16.0 Å². The minimum absolute atomic E-state index is 0.00931. The van der Waals surface area contributed by atoms with Crippen molar-refractivity contribution in [3.05, 3.63) is 45.0 Å². The monoisotopic (exact) mass is 408 g/mol. The van der Waals surface area contributed by atoms with Crippen LogP contribution < -0.4 is 0 Å². The number of benzene rings is 1. The molecule has 0 saturated heterocycles. The molecular weight excluding hydrogens is 387 g/mol. The van der Waals surface area contributed by atoms with Crippen LogP contribution in [0.25, 0.3) is 0 Å². The lowest BCUT2D eigenvalue weighted by Gasteiger charge is -2.38. The SMILES string of the molecule is CC(C)(C)[Si](C)(C)OC(/C=C/I)c1ccc(Cl)cc1. The minimum atomic E-state index is -1.79. The fraction of sp³-hybridized carbons (Fsp3) is 0.467. The second kappa shape index (κ2) is 6.74. The van der Waals surface area contributed by atoms with Gasteiger partial charge in [0.2, 0.25) is 0 Å². The molecule has 0 spiro atoms. The van der Waals surface area contributed by atoms with Crippen LogP contribution in [0.4, 0.5) is 0 Å². The largest absolute Gasteiger partial charge is 0.406 e. The van der Waals surface area contributed by atoms with Crippen LogP contribution in [0.1, 0.15) is 32.4 Å². The van der Waals surface area contributed by atoms with Crippen LogP contribution in [0.2, 0.25) is 23.2 Å². The lowest BCUT2D eigenvalue weighted by molar-refractivity contribution is 0.230. The van der Waals surface area contributed by atoms with E-state index in [9.17, 15) is 0 Å². The van der Waals surface area contributed by atoms with E-state index in [2.05, 4.69) is 62.5 Å². The van der Waals surface area contributed by atoms with E-state index >= 15 is 0 Å². The fourth-order valence-corrected chi connectivity index (χ4v) is 3.14. The lowest BCUT2D eigenvalue weighted by atomic mass is 10.1. The summed E-state index contributed by atoms with van der Waals surface area (Å²) in [5.74, 6) is 0. The molecule has 4 heteroatoms. The van der Waals surface area contributed by atoms with E-state index in [0.717, 1.165) is 10.6 Å². The van der Waals surface area contributed by atoms with Gasteiger partial charge in [0.1, 0.15) is 0 Å². The van der Waals surface area contributed by atoms with Crippen molar-refractivity contribution in [2.75, 3.05) is 0 Å².